The number of fused-ring (bicyclic) bond motifs is 2. The number of carbonyl (C=O) groups is 1. The van der Waals surface area contributed by atoms with Crippen LogP contribution >= 0.6 is 11.3 Å². The van der Waals surface area contributed by atoms with Crippen molar-refractivity contribution in [3.8, 4) is 0 Å². The summed E-state index contributed by atoms with van der Waals surface area (Å²) < 4.78 is 13.2. The standard InChI is InChI=1S/C25H22O2S2/c1-16-7-11-20(12-8-16)29(27)21-13-14-28-25(21)24(26)23-19-10-9-18(15-19)22(23)17-5-3-2-4-6-17/h2-14,18-19,22-23H,15H2,1H3/t18-,19+,22+,23+,29-/m0/s1. The number of ketones is 1. The van der Waals surface area contributed by atoms with Gasteiger partial charge in [0.15, 0.2) is 5.78 Å². The van der Waals surface area contributed by atoms with Gasteiger partial charge in [0, 0.05) is 16.7 Å². The minimum Gasteiger partial charge on any atom is -0.293 e. The highest BCUT2D eigenvalue weighted by Gasteiger charge is 2.49. The number of thiophene rings is 1. The molecule has 0 unspecified atom stereocenters. The predicted octanol–water partition coefficient (Wildman–Crippen LogP) is 6.01. The summed E-state index contributed by atoms with van der Waals surface area (Å²) in [6, 6.07) is 20.0. The topological polar surface area (TPSA) is 34.1 Å². The van der Waals surface area contributed by atoms with Crippen LogP contribution in [0.5, 0.6) is 0 Å². The summed E-state index contributed by atoms with van der Waals surface area (Å²) in [5.41, 5.74) is 2.37. The Kier molecular flexibility index (Phi) is 4.84. The van der Waals surface area contributed by atoms with Crippen molar-refractivity contribution in [3.63, 3.8) is 0 Å². The molecule has 2 aliphatic rings. The van der Waals surface area contributed by atoms with Gasteiger partial charge in [0.1, 0.15) is 0 Å². The number of benzene rings is 2. The molecule has 1 saturated carbocycles. The third-order valence-corrected chi connectivity index (χ3v) is 8.73. The van der Waals surface area contributed by atoms with Gasteiger partial charge in [0.25, 0.3) is 0 Å². The van der Waals surface area contributed by atoms with E-state index >= 15 is 0 Å². The van der Waals surface area contributed by atoms with Crippen molar-refractivity contribution in [2.75, 3.05) is 0 Å². The molecule has 1 fully saturated rings. The summed E-state index contributed by atoms with van der Waals surface area (Å²) in [7, 11) is -1.34. The highest BCUT2D eigenvalue weighted by atomic mass is 32.2. The van der Waals surface area contributed by atoms with E-state index in [1.807, 2.05) is 48.7 Å². The van der Waals surface area contributed by atoms with Crippen molar-refractivity contribution in [3.05, 3.63) is 94.2 Å². The molecule has 29 heavy (non-hydrogen) atoms. The Labute approximate surface area is 177 Å². The molecule has 5 atom stereocenters. The normalized spacial score (nSPS) is 26.0. The third kappa shape index (κ3) is 3.24. The zero-order chi connectivity index (χ0) is 20.0. The number of allylic oxidation sites excluding steroid dienone is 2. The van der Waals surface area contributed by atoms with Gasteiger partial charge in [0.05, 0.1) is 20.6 Å². The molecule has 1 heterocycles. The van der Waals surface area contributed by atoms with E-state index < -0.39 is 10.8 Å². The molecule has 3 aromatic rings. The second kappa shape index (κ2) is 7.51. The molecule has 2 nitrogen and oxygen atoms in total. The molecule has 1 aromatic heterocycles. The van der Waals surface area contributed by atoms with Crippen molar-refractivity contribution in [1.29, 1.82) is 0 Å². The first-order chi connectivity index (χ1) is 14.1. The smallest absolute Gasteiger partial charge is 0.178 e. The Bertz CT molecular complexity index is 1100. The summed E-state index contributed by atoms with van der Waals surface area (Å²) in [6.07, 6.45) is 5.54. The molecule has 0 N–H and O–H groups in total. The molecule has 2 bridgehead atoms. The monoisotopic (exact) mass is 418 g/mol. The molecular weight excluding hydrogens is 396 g/mol. The van der Waals surface area contributed by atoms with E-state index in [9.17, 15) is 9.00 Å². The van der Waals surface area contributed by atoms with Crippen LogP contribution < -0.4 is 0 Å². The molecule has 0 spiro atoms. The van der Waals surface area contributed by atoms with Gasteiger partial charge >= 0.3 is 0 Å². The maximum Gasteiger partial charge on any atom is 0.178 e. The van der Waals surface area contributed by atoms with Crippen LogP contribution in [0.15, 0.2) is 88.0 Å². The molecule has 0 saturated heterocycles. The molecule has 0 amide bonds. The van der Waals surface area contributed by atoms with Gasteiger partial charge in [0.2, 0.25) is 0 Å². The van der Waals surface area contributed by atoms with Crippen LogP contribution in [0.1, 0.15) is 33.1 Å². The van der Waals surface area contributed by atoms with Crippen molar-refractivity contribution >= 4 is 27.9 Å². The van der Waals surface area contributed by atoms with E-state index in [0.717, 1.165) is 16.9 Å². The van der Waals surface area contributed by atoms with Crippen LogP contribution in [0.3, 0.4) is 0 Å². The first kappa shape index (κ1) is 18.7. The maximum absolute atomic E-state index is 13.7. The fourth-order valence-corrected chi connectivity index (χ4v) is 7.20. The molecule has 0 radical (unpaired) electrons. The van der Waals surface area contributed by atoms with E-state index in [1.54, 1.807) is 0 Å². The van der Waals surface area contributed by atoms with Gasteiger partial charge in [-0.05, 0) is 54.3 Å². The lowest BCUT2D eigenvalue weighted by Gasteiger charge is -2.27. The van der Waals surface area contributed by atoms with Crippen molar-refractivity contribution in [2.45, 2.75) is 29.1 Å². The first-order valence-electron chi connectivity index (χ1n) is 9.97. The van der Waals surface area contributed by atoms with E-state index in [0.29, 0.717) is 15.7 Å². The second-order valence-corrected chi connectivity index (χ2v) is 10.3. The summed E-state index contributed by atoms with van der Waals surface area (Å²) in [4.78, 5) is 15.8. The van der Waals surface area contributed by atoms with Gasteiger partial charge in [-0.2, -0.15) is 0 Å². The van der Waals surface area contributed by atoms with Crippen LogP contribution in [-0.2, 0) is 10.8 Å². The first-order valence-corrected chi connectivity index (χ1v) is 12.0. The van der Waals surface area contributed by atoms with Crippen LogP contribution in [-0.4, -0.2) is 9.99 Å². The highest BCUT2D eigenvalue weighted by Crippen LogP contribution is 2.54. The summed E-state index contributed by atoms with van der Waals surface area (Å²) >= 11 is 1.43. The fourth-order valence-electron chi connectivity index (χ4n) is 4.87. The average molecular weight is 419 g/mol. The second-order valence-electron chi connectivity index (χ2n) is 7.97. The van der Waals surface area contributed by atoms with E-state index in [4.69, 9.17) is 0 Å². The molecule has 4 heteroatoms. The lowest BCUT2D eigenvalue weighted by atomic mass is 9.76. The SMILES string of the molecule is Cc1ccc([S@](=O)c2ccsc2C(=O)[C@H]2[C@H](c3ccccc3)[C@H]3C=C[C@@H]2C3)cc1. The number of carbonyl (C=O) groups excluding carboxylic acids is 1. The Morgan fingerprint density at radius 1 is 0.966 bits per heavy atom. The number of aryl methyl sites for hydroxylation is 1. The van der Waals surface area contributed by atoms with Crippen LogP contribution in [0, 0.1) is 24.7 Å². The van der Waals surface area contributed by atoms with Crippen molar-refractivity contribution < 1.29 is 9.00 Å². The Hall–Kier alpha value is -2.30. The van der Waals surface area contributed by atoms with Crippen LogP contribution in [0.25, 0.3) is 0 Å². The summed E-state index contributed by atoms with van der Waals surface area (Å²) in [6.45, 7) is 2.01. The quantitative estimate of drug-likeness (QED) is 0.375. The number of hydrogen-bond donors (Lipinski definition) is 0. The Balaban J connectivity index is 1.50. The fraction of sp³-hybridized carbons (Fsp3) is 0.240. The van der Waals surface area contributed by atoms with Gasteiger partial charge in [-0.15, -0.1) is 11.3 Å². The Morgan fingerprint density at radius 3 is 2.45 bits per heavy atom. The lowest BCUT2D eigenvalue weighted by molar-refractivity contribution is 0.0888. The van der Waals surface area contributed by atoms with E-state index in [-0.39, 0.29) is 23.5 Å². The largest absolute Gasteiger partial charge is 0.293 e. The van der Waals surface area contributed by atoms with Gasteiger partial charge < -0.3 is 0 Å². The number of hydrogen-bond acceptors (Lipinski definition) is 3. The maximum atomic E-state index is 13.7. The van der Waals surface area contributed by atoms with Crippen molar-refractivity contribution in [2.24, 2.45) is 17.8 Å². The lowest BCUT2D eigenvalue weighted by Crippen LogP contribution is -2.26. The number of rotatable bonds is 5. The number of Topliss-reactive ketones (excluding diaryl/α,β-unsaturated/α-hetero) is 1. The molecule has 5 rings (SSSR count). The molecule has 2 aliphatic carbocycles. The molecule has 2 aromatic carbocycles. The van der Waals surface area contributed by atoms with Crippen LogP contribution in [0.2, 0.25) is 0 Å². The van der Waals surface area contributed by atoms with E-state index in [1.165, 1.54) is 16.9 Å². The zero-order valence-electron chi connectivity index (χ0n) is 16.2. The molecule has 146 valence electrons. The zero-order valence-corrected chi connectivity index (χ0v) is 17.8. The highest BCUT2D eigenvalue weighted by molar-refractivity contribution is 7.85. The summed E-state index contributed by atoms with van der Waals surface area (Å²) in [5, 5.41) is 1.90. The minimum absolute atomic E-state index is 0.0696. The molecule has 0 aliphatic heterocycles. The van der Waals surface area contributed by atoms with Gasteiger partial charge in [-0.1, -0.05) is 60.2 Å². The van der Waals surface area contributed by atoms with Gasteiger partial charge in [-0.3, -0.25) is 4.79 Å². The van der Waals surface area contributed by atoms with Crippen molar-refractivity contribution in [1.82, 2.24) is 0 Å². The summed E-state index contributed by atoms with van der Waals surface area (Å²) in [5.74, 6) is 0.991. The van der Waals surface area contributed by atoms with Gasteiger partial charge in [-0.25, -0.2) is 4.21 Å². The van der Waals surface area contributed by atoms with E-state index in [2.05, 4.69) is 36.4 Å². The third-order valence-electron chi connectivity index (χ3n) is 6.23. The predicted molar refractivity (Wildman–Crippen MR) is 118 cm³/mol. The Morgan fingerprint density at radius 2 is 1.69 bits per heavy atom. The molecular formula is C25H22O2S2. The van der Waals surface area contributed by atoms with Crippen LogP contribution in [0.4, 0.5) is 0 Å². The average Bonchev–Trinajstić information content (AvgIpc) is 3.49. The minimum atomic E-state index is -1.34.